The number of guanidine groups is 1. The quantitative estimate of drug-likeness (QED) is 0.405. The van der Waals surface area contributed by atoms with Crippen LogP contribution in [0.2, 0.25) is 0 Å². The normalized spacial score (nSPS) is 17.6. The van der Waals surface area contributed by atoms with Gasteiger partial charge in [0.1, 0.15) is 12.0 Å². The maximum Gasteiger partial charge on any atom is 0.191 e. The summed E-state index contributed by atoms with van der Waals surface area (Å²) in [5.74, 6) is 0.806. The van der Waals surface area contributed by atoms with Gasteiger partial charge in [-0.1, -0.05) is 5.16 Å². The van der Waals surface area contributed by atoms with Crippen LogP contribution in [0.15, 0.2) is 21.8 Å². The molecule has 0 radical (unpaired) electrons. The Balaban J connectivity index is 0.00000242. The number of morpholine rings is 1. The van der Waals surface area contributed by atoms with Crippen LogP contribution in [0.4, 0.5) is 0 Å². The van der Waals surface area contributed by atoms with Gasteiger partial charge in [-0.25, -0.2) is 4.99 Å². The van der Waals surface area contributed by atoms with E-state index in [1.54, 1.807) is 6.26 Å². The number of nitrogens with zero attached hydrogens (tertiary/aromatic N) is 3. The summed E-state index contributed by atoms with van der Waals surface area (Å²) in [6.07, 6.45) is 1.56. The Bertz CT molecular complexity index is 421. The van der Waals surface area contributed by atoms with Crippen LogP contribution in [0, 0.1) is 0 Å². The Morgan fingerprint density at radius 2 is 2.18 bits per heavy atom. The summed E-state index contributed by atoms with van der Waals surface area (Å²) in [4.78, 5) is 6.93. The van der Waals surface area contributed by atoms with E-state index in [2.05, 4.69) is 39.5 Å². The monoisotopic (exact) mass is 423 g/mol. The lowest BCUT2D eigenvalue weighted by atomic mass is 10.2. The number of aromatic nitrogens is 1. The van der Waals surface area contributed by atoms with Gasteiger partial charge in [0.25, 0.3) is 0 Å². The Hall–Kier alpha value is -0.870. The molecule has 2 heterocycles. The minimum absolute atomic E-state index is 0. The molecule has 1 aliphatic rings. The summed E-state index contributed by atoms with van der Waals surface area (Å²) in [5.41, 5.74) is 0.827. The predicted molar refractivity (Wildman–Crippen MR) is 96.6 cm³/mol. The van der Waals surface area contributed by atoms with Gasteiger partial charge in [0.15, 0.2) is 5.96 Å². The molecule has 2 rings (SSSR count). The molecule has 7 nitrogen and oxygen atoms in total. The van der Waals surface area contributed by atoms with Crippen LogP contribution in [0.5, 0.6) is 0 Å². The van der Waals surface area contributed by atoms with E-state index < -0.39 is 0 Å². The molecule has 1 saturated heterocycles. The van der Waals surface area contributed by atoms with Crippen molar-refractivity contribution in [2.75, 3.05) is 39.4 Å². The number of ether oxygens (including phenoxy) is 1. The molecular weight excluding hydrogens is 397 g/mol. The second-order valence-electron chi connectivity index (χ2n) is 5.06. The Morgan fingerprint density at radius 3 is 2.82 bits per heavy atom. The minimum Gasteiger partial charge on any atom is -0.379 e. The number of hydrogen-bond donors (Lipinski definition) is 2. The SMILES string of the molecule is CCNC(=NCc1ccon1)NCC(C)N1CCOCC1.I. The largest absolute Gasteiger partial charge is 0.379 e. The van der Waals surface area contributed by atoms with Crippen LogP contribution < -0.4 is 10.6 Å². The fourth-order valence-electron chi connectivity index (χ4n) is 2.21. The standard InChI is InChI=1S/C14H25N5O2.HI/c1-3-15-14(17-11-13-4-7-21-18-13)16-10-12(2)19-5-8-20-9-6-19;/h4,7,12H,3,5-6,8-11H2,1-2H3,(H2,15,16,17);1H. The average Bonchev–Trinajstić information content (AvgIpc) is 3.04. The zero-order valence-corrected chi connectivity index (χ0v) is 15.6. The summed E-state index contributed by atoms with van der Waals surface area (Å²) >= 11 is 0. The third-order valence-corrected chi connectivity index (χ3v) is 3.47. The fraction of sp³-hybridized carbons (Fsp3) is 0.714. The molecule has 1 aromatic heterocycles. The van der Waals surface area contributed by atoms with E-state index in [9.17, 15) is 0 Å². The van der Waals surface area contributed by atoms with Gasteiger partial charge in [-0.3, -0.25) is 4.90 Å². The number of rotatable bonds is 6. The van der Waals surface area contributed by atoms with Crippen molar-refractivity contribution in [1.82, 2.24) is 20.7 Å². The number of halogens is 1. The van der Waals surface area contributed by atoms with Crippen molar-refractivity contribution in [2.45, 2.75) is 26.4 Å². The van der Waals surface area contributed by atoms with Crippen molar-refractivity contribution in [3.63, 3.8) is 0 Å². The van der Waals surface area contributed by atoms with E-state index in [0.717, 1.165) is 51.0 Å². The molecule has 8 heteroatoms. The maximum atomic E-state index is 5.38. The van der Waals surface area contributed by atoms with E-state index in [1.165, 1.54) is 0 Å². The van der Waals surface area contributed by atoms with Crippen LogP contribution >= 0.6 is 24.0 Å². The predicted octanol–water partition coefficient (Wildman–Crippen LogP) is 1.07. The first-order chi connectivity index (χ1) is 10.3. The highest BCUT2D eigenvalue weighted by atomic mass is 127. The van der Waals surface area contributed by atoms with Crippen molar-refractivity contribution in [2.24, 2.45) is 4.99 Å². The highest BCUT2D eigenvalue weighted by Gasteiger charge is 2.16. The van der Waals surface area contributed by atoms with Crippen LogP contribution in [0.1, 0.15) is 19.5 Å². The summed E-state index contributed by atoms with van der Waals surface area (Å²) in [7, 11) is 0. The zero-order chi connectivity index (χ0) is 14.9. The second kappa shape index (κ2) is 10.8. The van der Waals surface area contributed by atoms with Crippen LogP contribution in [0.3, 0.4) is 0 Å². The molecule has 1 aromatic rings. The molecule has 0 saturated carbocycles. The van der Waals surface area contributed by atoms with E-state index in [4.69, 9.17) is 9.26 Å². The summed E-state index contributed by atoms with van der Waals surface area (Å²) < 4.78 is 10.2. The van der Waals surface area contributed by atoms with Gasteiger partial charge in [0, 0.05) is 38.3 Å². The molecule has 1 aliphatic heterocycles. The molecule has 0 bridgehead atoms. The molecule has 1 atom stereocenters. The Morgan fingerprint density at radius 1 is 1.41 bits per heavy atom. The van der Waals surface area contributed by atoms with Crippen molar-refractivity contribution in [1.29, 1.82) is 0 Å². The third kappa shape index (κ3) is 6.49. The van der Waals surface area contributed by atoms with E-state index in [0.29, 0.717) is 12.6 Å². The van der Waals surface area contributed by atoms with Gasteiger partial charge in [0.2, 0.25) is 0 Å². The van der Waals surface area contributed by atoms with Crippen molar-refractivity contribution < 1.29 is 9.26 Å². The summed E-state index contributed by atoms with van der Waals surface area (Å²) in [6, 6.07) is 2.27. The van der Waals surface area contributed by atoms with Crippen molar-refractivity contribution in [3.05, 3.63) is 18.0 Å². The first kappa shape index (κ1) is 19.2. The van der Waals surface area contributed by atoms with Gasteiger partial charge < -0.3 is 19.9 Å². The number of aliphatic imine (C=N–C) groups is 1. The Kier molecular flexibility index (Phi) is 9.41. The third-order valence-electron chi connectivity index (χ3n) is 3.47. The highest BCUT2D eigenvalue weighted by Crippen LogP contribution is 2.02. The molecule has 2 N–H and O–H groups in total. The molecule has 22 heavy (non-hydrogen) atoms. The molecular formula is C14H26IN5O2. The van der Waals surface area contributed by atoms with Gasteiger partial charge in [-0.2, -0.15) is 0 Å². The van der Waals surface area contributed by atoms with Crippen LogP contribution in [-0.4, -0.2) is 61.5 Å². The zero-order valence-electron chi connectivity index (χ0n) is 13.2. The topological polar surface area (TPSA) is 74.9 Å². The first-order valence-electron chi connectivity index (χ1n) is 7.53. The van der Waals surface area contributed by atoms with Crippen molar-refractivity contribution in [3.8, 4) is 0 Å². The van der Waals surface area contributed by atoms with E-state index >= 15 is 0 Å². The smallest absolute Gasteiger partial charge is 0.191 e. The highest BCUT2D eigenvalue weighted by molar-refractivity contribution is 14.0. The maximum absolute atomic E-state index is 5.38. The summed E-state index contributed by atoms with van der Waals surface area (Å²) in [6.45, 7) is 10.1. The van der Waals surface area contributed by atoms with E-state index in [-0.39, 0.29) is 24.0 Å². The van der Waals surface area contributed by atoms with Gasteiger partial charge in [0.05, 0.1) is 19.8 Å². The minimum atomic E-state index is 0. The number of nitrogens with one attached hydrogen (secondary N) is 2. The lowest BCUT2D eigenvalue weighted by molar-refractivity contribution is 0.0211. The molecule has 0 amide bonds. The molecule has 0 spiro atoms. The van der Waals surface area contributed by atoms with E-state index in [1.807, 2.05) is 6.07 Å². The van der Waals surface area contributed by atoms with Gasteiger partial charge >= 0.3 is 0 Å². The lowest BCUT2D eigenvalue weighted by Crippen LogP contribution is -2.49. The van der Waals surface area contributed by atoms with Crippen molar-refractivity contribution >= 4 is 29.9 Å². The number of hydrogen-bond acceptors (Lipinski definition) is 5. The lowest BCUT2D eigenvalue weighted by Gasteiger charge is -2.32. The molecule has 126 valence electrons. The molecule has 1 fully saturated rings. The fourth-order valence-corrected chi connectivity index (χ4v) is 2.21. The average molecular weight is 423 g/mol. The first-order valence-corrected chi connectivity index (χ1v) is 7.53. The van der Waals surface area contributed by atoms with Gasteiger partial charge in [-0.05, 0) is 13.8 Å². The molecule has 0 aromatic carbocycles. The molecule has 0 aliphatic carbocycles. The second-order valence-corrected chi connectivity index (χ2v) is 5.06. The van der Waals surface area contributed by atoms with Crippen LogP contribution in [0.25, 0.3) is 0 Å². The summed E-state index contributed by atoms with van der Waals surface area (Å²) in [5, 5.41) is 10.5. The van der Waals surface area contributed by atoms with Gasteiger partial charge in [-0.15, -0.1) is 24.0 Å². The van der Waals surface area contributed by atoms with Crippen LogP contribution in [-0.2, 0) is 11.3 Å². The Labute approximate surface area is 148 Å². The molecule has 1 unspecified atom stereocenters.